The molecule has 1 N–H and O–H groups in total. The van der Waals surface area contributed by atoms with Crippen LogP contribution >= 0.6 is 27.3 Å². The molecule has 17 heavy (non-hydrogen) atoms. The van der Waals surface area contributed by atoms with Gasteiger partial charge in [-0.15, -0.1) is 11.3 Å². The van der Waals surface area contributed by atoms with Crippen molar-refractivity contribution in [3.05, 3.63) is 20.8 Å². The molecule has 1 amide bonds. The van der Waals surface area contributed by atoms with Crippen molar-refractivity contribution in [1.29, 1.82) is 0 Å². The van der Waals surface area contributed by atoms with Crippen molar-refractivity contribution in [1.82, 2.24) is 5.32 Å². The molecule has 1 aromatic heterocycles. The molecule has 0 bridgehead atoms. The molecule has 0 spiro atoms. The highest BCUT2D eigenvalue weighted by Gasteiger charge is 2.12. The fourth-order valence-electron chi connectivity index (χ4n) is 1.24. The zero-order valence-corrected chi connectivity index (χ0v) is 12.3. The van der Waals surface area contributed by atoms with Gasteiger partial charge in [-0.25, -0.2) is 0 Å². The number of hydrogen-bond donors (Lipinski definition) is 1. The summed E-state index contributed by atoms with van der Waals surface area (Å²) in [6.45, 7) is 5.26. The van der Waals surface area contributed by atoms with Gasteiger partial charge in [0.2, 0.25) is 0 Å². The Morgan fingerprint density at radius 1 is 1.41 bits per heavy atom. The molecular weight excluding hydrogens is 306 g/mol. The highest BCUT2D eigenvalue weighted by Crippen LogP contribution is 2.21. The summed E-state index contributed by atoms with van der Waals surface area (Å²) in [7, 11) is 0. The maximum absolute atomic E-state index is 11.7. The Hall–Kier alpha value is -0.430. The van der Waals surface area contributed by atoms with Gasteiger partial charge in [-0.2, -0.15) is 0 Å². The van der Waals surface area contributed by atoms with E-state index in [1.807, 2.05) is 19.9 Å². The van der Waals surface area contributed by atoms with Crippen LogP contribution in [0.5, 0.6) is 0 Å². The minimum atomic E-state index is -0.377. The van der Waals surface area contributed by atoms with E-state index < -0.39 is 0 Å². The van der Waals surface area contributed by atoms with Crippen molar-refractivity contribution in [3.8, 4) is 0 Å². The normalized spacial score (nSPS) is 10.8. The highest BCUT2D eigenvalue weighted by molar-refractivity contribution is 9.11. The Morgan fingerprint density at radius 2 is 2.06 bits per heavy atom. The Bertz CT molecular complexity index is 350. The smallest absolute Gasteiger partial charge is 0.261 e. The van der Waals surface area contributed by atoms with E-state index in [1.165, 1.54) is 11.3 Å². The first kappa shape index (κ1) is 14.6. The van der Waals surface area contributed by atoms with Crippen LogP contribution in [0.3, 0.4) is 0 Å². The van der Waals surface area contributed by atoms with E-state index in [0.717, 1.165) is 3.79 Å². The van der Waals surface area contributed by atoms with Gasteiger partial charge in [-0.1, -0.05) is 0 Å². The van der Waals surface area contributed by atoms with Crippen molar-refractivity contribution >= 4 is 33.2 Å². The predicted molar refractivity (Wildman–Crippen MR) is 71.4 cm³/mol. The summed E-state index contributed by atoms with van der Waals surface area (Å²) >= 11 is 4.72. The molecule has 0 unspecified atom stereocenters. The Morgan fingerprint density at radius 3 is 2.53 bits per heavy atom. The molecule has 0 radical (unpaired) electrons. The van der Waals surface area contributed by atoms with Crippen LogP contribution in [0.15, 0.2) is 15.9 Å². The lowest BCUT2D eigenvalue weighted by Gasteiger charge is -2.16. The maximum atomic E-state index is 11.7. The first-order valence-electron chi connectivity index (χ1n) is 5.44. The van der Waals surface area contributed by atoms with Crippen LogP contribution in [0.25, 0.3) is 0 Å². The molecule has 0 aliphatic heterocycles. The lowest BCUT2D eigenvalue weighted by atomic mass is 10.4. The van der Waals surface area contributed by atoms with Crippen LogP contribution in [0.1, 0.15) is 23.5 Å². The number of hydrogen-bond acceptors (Lipinski definition) is 4. The van der Waals surface area contributed by atoms with Crippen LogP contribution in [0.2, 0.25) is 0 Å². The van der Waals surface area contributed by atoms with Gasteiger partial charge in [0.15, 0.2) is 6.29 Å². The zero-order valence-electron chi connectivity index (χ0n) is 9.86. The van der Waals surface area contributed by atoms with Gasteiger partial charge in [-0.3, -0.25) is 4.79 Å². The summed E-state index contributed by atoms with van der Waals surface area (Å²) < 4.78 is 11.6. The summed E-state index contributed by atoms with van der Waals surface area (Å²) in [4.78, 5) is 12.4. The summed E-state index contributed by atoms with van der Waals surface area (Å²) in [5.41, 5.74) is 0. The second-order valence-electron chi connectivity index (χ2n) is 3.15. The van der Waals surface area contributed by atoms with Crippen LogP contribution in [-0.4, -0.2) is 32.0 Å². The van der Waals surface area contributed by atoms with E-state index in [0.29, 0.717) is 24.6 Å². The molecule has 0 fully saturated rings. The zero-order chi connectivity index (χ0) is 12.7. The van der Waals surface area contributed by atoms with E-state index in [1.54, 1.807) is 6.07 Å². The van der Waals surface area contributed by atoms with Gasteiger partial charge in [0, 0.05) is 13.2 Å². The first-order chi connectivity index (χ1) is 8.17. The Labute approximate surface area is 113 Å². The van der Waals surface area contributed by atoms with Gasteiger partial charge in [-0.05, 0) is 41.9 Å². The van der Waals surface area contributed by atoms with Crippen LogP contribution < -0.4 is 5.32 Å². The molecule has 6 heteroatoms. The molecule has 0 aliphatic carbocycles. The minimum absolute atomic E-state index is 0.106. The average molecular weight is 322 g/mol. The van der Waals surface area contributed by atoms with E-state index in [2.05, 4.69) is 21.2 Å². The molecular formula is C11H16BrNO3S. The number of carbonyl (C=O) groups excluding carboxylic acids is 1. The quantitative estimate of drug-likeness (QED) is 0.785. The topological polar surface area (TPSA) is 47.6 Å². The Kier molecular flexibility index (Phi) is 6.72. The standard InChI is InChI=1S/C11H16BrNO3S/c1-3-15-10(16-4-2)7-13-11(14)8-5-6-9(12)17-8/h5-6,10H,3-4,7H2,1-2H3,(H,13,14). The van der Waals surface area contributed by atoms with Crippen LogP contribution in [-0.2, 0) is 9.47 Å². The van der Waals surface area contributed by atoms with Gasteiger partial charge in [0.1, 0.15) is 0 Å². The molecule has 1 heterocycles. The van der Waals surface area contributed by atoms with Gasteiger partial charge < -0.3 is 14.8 Å². The van der Waals surface area contributed by atoms with Crippen LogP contribution in [0, 0.1) is 0 Å². The summed E-state index contributed by atoms with van der Waals surface area (Å²) in [6.07, 6.45) is -0.377. The van der Waals surface area contributed by atoms with Crippen molar-refractivity contribution in [3.63, 3.8) is 0 Å². The summed E-state index contributed by atoms with van der Waals surface area (Å²) in [5.74, 6) is -0.106. The number of thiophene rings is 1. The number of rotatable bonds is 7. The van der Waals surface area contributed by atoms with Crippen molar-refractivity contribution in [2.24, 2.45) is 0 Å². The highest BCUT2D eigenvalue weighted by atomic mass is 79.9. The third-order valence-electron chi connectivity index (χ3n) is 1.93. The average Bonchev–Trinajstić information content (AvgIpc) is 2.73. The molecule has 1 aromatic rings. The third-order valence-corrected chi connectivity index (χ3v) is 3.55. The second-order valence-corrected chi connectivity index (χ2v) is 5.62. The maximum Gasteiger partial charge on any atom is 0.261 e. The molecule has 0 saturated heterocycles. The first-order valence-corrected chi connectivity index (χ1v) is 7.05. The predicted octanol–water partition coefficient (Wildman–Crippen LogP) is 2.64. The molecule has 0 aromatic carbocycles. The number of ether oxygens (including phenoxy) is 2. The minimum Gasteiger partial charge on any atom is -0.351 e. The second kappa shape index (κ2) is 7.81. The lowest BCUT2D eigenvalue weighted by molar-refractivity contribution is -0.131. The Balaban J connectivity index is 2.40. The van der Waals surface area contributed by atoms with Gasteiger partial charge in [0.25, 0.3) is 5.91 Å². The summed E-state index contributed by atoms with van der Waals surface area (Å²) in [6, 6.07) is 3.63. The van der Waals surface area contributed by atoms with E-state index in [9.17, 15) is 4.79 Å². The molecule has 0 saturated carbocycles. The third kappa shape index (κ3) is 5.16. The van der Waals surface area contributed by atoms with Crippen molar-refractivity contribution in [2.75, 3.05) is 19.8 Å². The van der Waals surface area contributed by atoms with Crippen LogP contribution in [0.4, 0.5) is 0 Å². The van der Waals surface area contributed by atoms with E-state index in [4.69, 9.17) is 9.47 Å². The van der Waals surface area contributed by atoms with E-state index >= 15 is 0 Å². The summed E-state index contributed by atoms with van der Waals surface area (Å²) in [5, 5.41) is 2.78. The fraction of sp³-hybridized carbons (Fsp3) is 0.545. The fourth-order valence-corrected chi connectivity index (χ4v) is 2.54. The number of carbonyl (C=O) groups is 1. The molecule has 96 valence electrons. The number of halogens is 1. The molecule has 1 rings (SSSR count). The lowest BCUT2D eigenvalue weighted by Crippen LogP contribution is -2.35. The number of amides is 1. The van der Waals surface area contributed by atoms with Gasteiger partial charge in [0.05, 0.1) is 15.2 Å². The van der Waals surface area contributed by atoms with Crippen molar-refractivity contribution < 1.29 is 14.3 Å². The largest absolute Gasteiger partial charge is 0.351 e. The number of nitrogens with one attached hydrogen (secondary N) is 1. The molecule has 0 atom stereocenters. The van der Waals surface area contributed by atoms with Crippen molar-refractivity contribution in [2.45, 2.75) is 20.1 Å². The molecule has 0 aliphatic rings. The monoisotopic (exact) mass is 321 g/mol. The van der Waals surface area contributed by atoms with E-state index in [-0.39, 0.29) is 12.2 Å². The molecule has 4 nitrogen and oxygen atoms in total. The van der Waals surface area contributed by atoms with Gasteiger partial charge >= 0.3 is 0 Å². The SMILES string of the molecule is CCOC(CNC(=O)c1ccc(Br)s1)OCC.